The van der Waals surface area contributed by atoms with Crippen LogP contribution in [0.3, 0.4) is 0 Å². The number of furan rings is 2. The molecular weight excluding hydrogens is 432 g/mol. The second-order valence-corrected chi connectivity index (χ2v) is 10.1. The molecule has 0 spiro atoms. The first-order valence-corrected chi connectivity index (χ1v) is 12.3. The summed E-state index contributed by atoms with van der Waals surface area (Å²) in [6.45, 7) is 1.91. The molecule has 1 saturated heterocycles. The zero-order chi connectivity index (χ0) is 22.3. The van der Waals surface area contributed by atoms with E-state index >= 15 is 0 Å². The topological polar surface area (TPSA) is 99.6 Å². The van der Waals surface area contributed by atoms with Crippen molar-refractivity contribution < 1.29 is 22.0 Å². The molecule has 1 unspecified atom stereocenters. The van der Waals surface area contributed by atoms with Crippen LogP contribution in [0.4, 0.5) is 0 Å². The Morgan fingerprint density at radius 1 is 1.12 bits per heavy atom. The molecule has 10 heteroatoms. The average Bonchev–Trinajstić information content (AvgIpc) is 3.51. The fraction of sp³-hybridized carbons (Fsp3) is 0.364. The number of sulfonamides is 1. The third-order valence-corrected chi connectivity index (χ3v) is 7.21. The van der Waals surface area contributed by atoms with Gasteiger partial charge in [0.15, 0.2) is 5.76 Å². The highest BCUT2D eigenvalue weighted by Gasteiger charge is 2.37. The minimum atomic E-state index is -3.21. The van der Waals surface area contributed by atoms with E-state index in [1.807, 2.05) is 41.3 Å². The summed E-state index contributed by atoms with van der Waals surface area (Å²) in [5.41, 5.74) is 1.46. The van der Waals surface area contributed by atoms with E-state index in [0.717, 1.165) is 11.0 Å². The molecule has 2 aliphatic heterocycles. The van der Waals surface area contributed by atoms with Crippen molar-refractivity contribution in [1.82, 2.24) is 14.2 Å². The first kappa shape index (κ1) is 20.9. The number of amides is 1. The van der Waals surface area contributed by atoms with Gasteiger partial charge < -0.3 is 8.83 Å². The molecule has 0 aliphatic carbocycles. The minimum absolute atomic E-state index is 0.158. The number of piperazine rings is 1. The summed E-state index contributed by atoms with van der Waals surface area (Å²) < 4.78 is 36.5. The highest BCUT2D eigenvalue weighted by atomic mass is 32.2. The first-order valence-electron chi connectivity index (χ1n) is 10.5. The number of benzene rings is 1. The summed E-state index contributed by atoms with van der Waals surface area (Å²) >= 11 is 0. The molecule has 0 radical (unpaired) electrons. The zero-order valence-corrected chi connectivity index (χ0v) is 18.5. The van der Waals surface area contributed by atoms with E-state index in [4.69, 9.17) is 8.83 Å². The number of hydrogen-bond donors (Lipinski definition) is 0. The predicted octanol–water partition coefficient (Wildman–Crippen LogP) is 2.28. The fourth-order valence-corrected chi connectivity index (χ4v) is 5.03. The summed E-state index contributed by atoms with van der Waals surface area (Å²) in [6.07, 6.45) is 3.28. The number of hydrogen-bond acceptors (Lipinski definition) is 7. The van der Waals surface area contributed by atoms with Crippen LogP contribution in [-0.4, -0.2) is 73.2 Å². The molecule has 1 fully saturated rings. The Morgan fingerprint density at radius 2 is 1.91 bits per heavy atom. The van der Waals surface area contributed by atoms with Gasteiger partial charge in [0.2, 0.25) is 10.0 Å². The van der Waals surface area contributed by atoms with Crippen LogP contribution < -0.4 is 0 Å². The lowest BCUT2D eigenvalue weighted by Gasteiger charge is -2.33. The Morgan fingerprint density at radius 3 is 2.59 bits per heavy atom. The Kier molecular flexibility index (Phi) is 5.36. The van der Waals surface area contributed by atoms with Crippen molar-refractivity contribution >= 4 is 32.6 Å². The molecule has 32 heavy (non-hydrogen) atoms. The van der Waals surface area contributed by atoms with E-state index in [2.05, 4.69) is 5.10 Å². The number of hydrazone groups is 1. The van der Waals surface area contributed by atoms with Crippen molar-refractivity contribution in [1.29, 1.82) is 0 Å². The standard InChI is InChI=1S/C22H24N4O5S/c1-32(28,29)25-10-8-24(9-11-25)15-22(27)26-18(20-7-4-12-30-20)14-17(23-26)21-13-16-5-2-3-6-19(16)31-21/h2-7,12-13,18H,8-11,14-15H2,1H3. The van der Waals surface area contributed by atoms with Gasteiger partial charge in [-0.1, -0.05) is 18.2 Å². The lowest BCUT2D eigenvalue weighted by Crippen LogP contribution is -2.50. The molecule has 168 valence electrons. The molecule has 0 saturated carbocycles. The van der Waals surface area contributed by atoms with Gasteiger partial charge in [-0.15, -0.1) is 0 Å². The molecule has 0 bridgehead atoms. The minimum Gasteiger partial charge on any atom is -0.467 e. The van der Waals surface area contributed by atoms with E-state index in [0.29, 0.717) is 49.8 Å². The third kappa shape index (κ3) is 4.08. The Bertz CT molecular complexity index is 1220. The molecule has 9 nitrogen and oxygen atoms in total. The monoisotopic (exact) mass is 456 g/mol. The molecule has 3 aromatic rings. The lowest BCUT2D eigenvalue weighted by atomic mass is 10.1. The van der Waals surface area contributed by atoms with E-state index in [-0.39, 0.29) is 18.5 Å². The van der Waals surface area contributed by atoms with Gasteiger partial charge >= 0.3 is 0 Å². The van der Waals surface area contributed by atoms with E-state index in [9.17, 15) is 13.2 Å². The largest absolute Gasteiger partial charge is 0.467 e. The molecule has 4 heterocycles. The molecule has 2 aromatic heterocycles. The smallest absolute Gasteiger partial charge is 0.257 e. The van der Waals surface area contributed by atoms with Gasteiger partial charge in [-0.25, -0.2) is 13.4 Å². The second-order valence-electron chi connectivity index (χ2n) is 8.11. The van der Waals surface area contributed by atoms with Crippen LogP contribution >= 0.6 is 0 Å². The molecule has 1 amide bonds. The first-order chi connectivity index (χ1) is 15.4. The van der Waals surface area contributed by atoms with E-state index in [1.165, 1.54) is 15.6 Å². The molecule has 1 atom stereocenters. The molecule has 5 rings (SSSR count). The van der Waals surface area contributed by atoms with Crippen molar-refractivity contribution in [3.63, 3.8) is 0 Å². The summed E-state index contributed by atoms with van der Waals surface area (Å²) in [7, 11) is -3.21. The highest BCUT2D eigenvalue weighted by molar-refractivity contribution is 7.88. The van der Waals surface area contributed by atoms with Crippen LogP contribution in [0.25, 0.3) is 11.0 Å². The molecule has 1 aromatic carbocycles. The summed E-state index contributed by atoms with van der Waals surface area (Å²) in [5, 5.41) is 7.08. The van der Waals surface area contributed by atoms with Crippen LogP contribution in [-0.2, 0) is 14.8 Å². The van der Waals surface area contributed by atoms with Gasteiger partial charge in [0.1, 0.15) is 23.1 Å². The third-order valence-electron chi connectivity index (χ3n) is 5.91. The number of nitrogens with zero attached hydrogens (tertiary/aromatic N) is 4. The fourth-order valence-electron chi connectivity index (χ4n) is 4.20. The Hall–Kier alpha value is -2.95. The SMILES string of the molecule is CS(=O)(=O)N1CCN(CC(=O)N2N=C(c3cc4ccccc4o3)CC2c2ccco2)CC1. The van der Waals surface area contributed by atoms with Gasteiger partial charge in [-0.05, 0) is 24.3 Å². The number of fused-ring (bicyclic) bond motifs is 1. The van der Waals surface area contributed by atoms with Crippen molar-refractivity contribution in [3.05, 3.63) is 60.2 Å². The second kappa shape index (κ2) is 8.19. The van der Waals surface area contributed by atoms with Gasteiger partial charge in [-0.3, -0.25) is 9.69 Å². The summed E-state index contributed by atoms with van der Waals surface area (Å²) in [6, 6.07) is 13.0. The summed E-state index contributed by atoms with van der Waals surface area (Å²) in [4.78, 5) is 15.2. The van der Waals surface area contributed by atoms with Crippen LogP contribution in [0.5, 0.6) is 0 Å². The average molecular weight is 457 g/mol. The van der Waals surface area contributed by atoms with Crippen molar-refractivity contribution in [2.45, 2.75) is 12.5 Å². The van der Waals surface area contributed by atoms with Gasteiger partial charge in [-0.2, -0.15) is 9.41 Å². The van der Waals surface area contributed by atoms with Gasteiger partial charge in [0.25, 0.3) is 5.91 Å². The highest BCUT2D eigenvalue weighted by Crippen LogP contribution is 2.34. The molecular formula is C22H24N4O5S. The Labute approximate surface area is 185 Å². The van der Waals surface area contributed by atoms with Gasteiger partial charge in [0.05, 0.1) is 19.1 Å². The number of carbonyl (C=O) groups excluding carboxylic acids is 1. The Balaban J connectivity index is 1.35. The summed E-state index contributed by atoms with van der Waals surface area (Å²) in [5.74, 6) is 1.14. The zero-order valence-electron chi connectivity index (χ0n) is 17.7. The number of carbonyl (C=O) groups is 1. The van der Waals surface area contributed by atoms with Crippen LogP contribution in [0.15, 0.2) is 62.7 Å². The maximum Gasteiger partial charge on any atom is 0.257 e. The van der Waals surface area contributed by atoms with E-state index in [1.54, 1.807) is 12.3 Å². The van der Waals surface area contributed by atoms with Crippen molar-refractivity contribution in [2.24, 2.45) is 5.10 Å². The lowest BCUT2D eigenvalue weighted by molar-refractivity contribution is -0.134. The predicted molar refractivity (Wildman–Crippen MR) is 119 cm³/mol. The van der Waals surface area contributed by atoms with E-state index < -0.39 is 10.0 Å². The van der Waals surface area contributed by atoms with Crippen LogP contribution in [0.2, 0.25) is 0 Å². The normalized spacial score (nSPS) is 20.7. The number of para-hydroxylation sites is 1. The van der Waals surface area contributed by atoms with Crippen LogP contribution in [0, 0.1) is 0 Å². The quantitative estimate of drug-likeness (QED) is 0.584. The number of rotatable bonds is 5. The maximum atomic E-state index is 13.2. The molecule has 0 N–H and O–H groups in total. The molecule has 2 aliphatic rings. The maximum absolute atomic E-state index is 13.2. The van der Waals surface area contributed by atoms with Crippen molar-refractivity contribution in [2.75, 3.05) is 39.0 Å². The van der Waals surface area contributed by atoms with Crippen LogP contribution in [0.1, 0.15) is 24.0 Å². The van der Waals surface area contributed by atoms with Gasteiger partial charge in [0, 0.05) is 38.0 Å². The van der Waals surface area contributed by atoms with Crippen molar-refractivity contribution in [3.8, 4) is 0 Å².